The highest BCUT2D eigenvalue weighted by Gasteiger charge is 2.21. The average Bonchev–Trinajstić information content (AvgIpc) is 1.95. The lowest BCUT2D eigenvalue weighted by Gasteiger charge is -2.29. The Bertz CT molecular complexity index is 239. The molecule has 0 rings (SSSR count). The second-order valence-electron chi connectivity index (χ2n) is 7.68. The minimum Gasteiger partial charge on any atom is -0.125 e. The predicted molar refractivity (Wildman–Crippen MR) is 83.5 cm³/mol. The van der Waals surface area contributed by atoms with Crippen LogP contribution in [0.4, 0.5) is 0 Å². The van der Waals surface area contributed by atoms with Crippen LogP contribution in [0.1, 0.15) is 68.2 Å². The van der Waals surface area contributed by atoms with Crippen molar-refractivity contribution in [2.24, 2.45) is 17.3 Å². The Labute approximate surface area is 114 Å². The van der Waals surface area contributed by atoms with E-state index in [4.69, 9.17) is 0 Å². The molecule has 0 aliphatic rings. The van der Waals surface area contributed by atoms with Gasteiger partial charge in [0.1, 0.15) is 0 Å². The van der Waals surface area contributed by atoms with Crippen molar-refractivity contribution in [3.05, 3.63) is 11.5 Å². The van der Waals surface area contributed by atoms with Gasteiger partial charge in [0, 0.05) is 4.75 Å². The Hall–Kier alpha value is 0.0900. The zero-order valence-electron chi connectivity index (χ0n) is 13.2. The SMILES string of the molecule is C=C(CC(C)C(C)CC(C)(C)C)SC(C)(C)C. The summed E-state index contributed by atoms with van der Waals surface area (Å²) in [5.41, 5.74) is 0.437. The van der Waals surface area contributed by atoms with Gasteiger partial charge in [0.2, 0.25) is 0 Å². The highest BCUT2D eigenvalue weighted by atomic mass is 32.2. The van der Waals surface area contributed by atoms with E-state index in [0.717, 1.165) is 18.3 Å². The quantitative estimate of drug-likeness (QED) is 0.570. The van der Waals surface area contributed by atoms with Crippen molar-refractivity contribution < 1.29 is 0 Å². The fourth-order valence-electron chi connectivity index (χ4n) is 2.20. The summed E-state index contributed by atoms with van der Waals surface area (Å²) in [4.78, 5) is 1.34. The van der Waals surface area contributed by atoms with Crippen molar-refractivity contribution in [1.82, 2.24) is 0 Å². The highest BCUT2D eigenvalue weighted by molar-refractivity contribution is 8.04. The van der Waals surface area contributed by atoms with Crippen LogP contribution in [-0.4, -0.2) is 4.75 Å². The zero-order valence-corrected chi connectivity index (χ0v) is 14.0. The molecule has 0 saturated heterocycles. The molecule has 0 nitrogen and oxygen atoms in total. The molecule has 0 bridgehead atoms. The maximum absolute atomic E-state index is 4.22. The number of hydrogen-bond acceptors (Lipinski definition) is 1. The first-order chi connectivity index (χ1) is 7.41. The van der Waals surface area contributed by atoms with Gasteiger partial charge in [0.25, 0.3) is 0 Å². The normalized spacial score (nSPS) is 16.7. The molecule has 0 radical (unpaired) electrons. The van der Waals surface area contributed by atoms with Gasteiger partial charge in [0.05, 0.1) is 0 Å². The van der Waals surface area contributed by atoms with E-state index in [1.54, 1.807) is 0 Å². The molecule has 0 aliphatic heterocycles. The summed E-state index contributed by atoms with van der Waals surface area (Å²) in [6, 6.07) is 0. The molecule has 0 aromatic rings. The van der Waals surface area contributed by atoms with Crippen molar-refractivity contribution in [1.29, 1.82) is 0 Å². The largest absolute Gasteiger partial charge is 0.125 e. The number of hydrogen-bond donors (Lipinski definition) is 0. The van der Waals surface area contributed by atoms with Crippen LogP contribution in [0.2, 0.25) is 0 Å². The Morgan fingerprint density at radius 2 is 1.47 bits per heavy atom. The molecule has 0 aromatic heterocycles. The number of allylic oxidation sites excluding steroid dienone is 1. The van der Waals surface area contributed by atoms with Crippen LogP contribution >= 0.6 is 11.8 Å². The lowest BCUT2D eigenvalue weighted by molar-refractivity contribution is 0.249. The fourth-order valence-corrected chi connectivity index (χ4v) is 3.41. The molecule has 2 unspecified atom stereocenters. The van der Waals surface area contributed by atoms with Crippen molar-refractivity contribution in [3.63, 3.8) is 0 Å². The summed E-state index contributed by atoms with van der Waals surface area (Å²) in [6.45, 7) is 22.7. The molecule has 0 aliphatic carbocycles. The van der Waals surface area contributed by atoms with E-state index in [9.17, 15) is 0 Å². The van der Waals surface area contributed by atoms with E-state index in [0.29, 0.717) is 10.2 Å². The Kier molecular flexibility index (Phi) is 6.35. The van der Waals surface area contributed by atoms with Gasteiger partial charge in [-0.3, -0.25) is 0 Å². The Morgan fingerprint density at radius 1 is 1.00 bits per heavy atom. The minimum atomic E-state index is 0.296. The van der Waals surface area contributed by atoms with Crippen molar-refractivity contribution in [2.45, 2.75) is 73.0 Å². The first kappa shape index (κ1) is 17.1. The maximum Gasteiger partial charge on any atom is 0.0119 e. The average molecular weight is 256 g/mol. The molecule has 0 amide bonds. The zero-order chi connectivity index (χ0) is 13.9. The van der Waals surface area contributed by atoms with Gasteiger partial charge >= 0.3 is 0 Å². The van der Waals surface area contributed by atoms with Crippen LogP contribution in [-0.2, 0) is 0 Å². The molecule has 0 heterocycles. The summed E-state index contributed by atoms with van der Waals surface area (Å²) < 4.78 is 0.296. The van der Waals surface area contributed by atoms with E-state index in [-0.39, 0.29) is 0 Å². The summed E-state index contributed by atoms with van der Waals surface area (Å²) in [7, 11) is 0. The number of rotatable bonds is 5. The van der Waals surface area contributed by atoms with Gasteiger partial charge in [-0.05, 0) is 35.0 Å². The Balaban J connectivity index is 4.17. The molecule has 0 saturated carbocycles. The van der Waals surface area contributed by atoms with Crippen LogP contribution < -0.4 is 0 Å². The molecule has 0 N–H and O–H groups in total. The van der Waals surface area contributed by atoms with Crippen LogP contribution in [0.15, 0.2) is 11.5 Å². The van der Waals surface area contributed by atoms with Gasteiger partial charge in [-0.25, -0.2) is 0 Å². The van der Waals surface area contributed by atoms with Gasteiger partial charge in [0.15, 0.2) is 0 Å². The summed E-state index contributed by atoms with van der Waals surface area (Å²) in [5.74, 6) is 1.50. The van der Waals surface area contributed by atoms with Gasteiger partial charge in [-0.2, -0.15) is 0 Å². The lowest BCUT2D eigenvalue weighted by atomic mass is 9.79. The van der Waals surface area contributed by atoms with Crippen LogP contribution in [0, 0.1) is 17.3 Å². The molecule has 0 fully saturated rings. The van der Waals surface area contributed by atoms with Gasteiger partial charge < -0.3 is 0 Å². The maximum atomic E-state index is 4.22. The molecule has 1 heteroatoms. The van der Waals surface area contributed by atoms with E-state index in [1.165, 1.54) is 11.3 Å². The second-order valence-corrected chi connectivity index (χ2v) is 9.68. The second kappa shape index (κ2) is 6.31. The van der Waals surface area contributed by atoms with Crippen LogP contribution in [0.5, 0.6) is 0 Å². The summed E-state index contributed by atoms with van der Waals surface area (Å²) in [5, 5.41) is 0. The van der Waals surface area contributed by atoms with E-state index < -0.39 is 0 Å². The van der Waals surface area contributed by atoms with E-state index in [1.807, 2.05) is 11.8 Å². The van der Waals surface area contributed by atoms with Gasteiger partial charge in [-0.15, -0.1) is 11.8 Å². The van der Waals surface area contributed by atoms with Crippen molar-refractivity contribution in [3.8, 4) is 0 Å². The smallest absolute Gasteiger partial charge is 0.0119 e. The molecular formula is C16H32S. The summed E-state index contributed by atoms with van der Waals surface area (Å²) >= 11 is 1.93. The van der Waals surface area contributed by atoms with Crippen LogP contribution in [0.25, 0.3) is 0 Å². The minimum absolute atomic E-state index is 0.296. The lowest BCUT2D eigenvalue weighted by Crippen LogP contribution is -2.17. The molecule has 0 spiro atoms. The van der Waals surface area contributed by atoms with E-state index in [2.05, 4.69) is 62.0 Å². The number of thioether (sulfide) groups is 1. The summed E-state index contributed by atoms with van der Waals surface area (Å²) in [6.07, 6.45) is 2.45. The molecule has 17 heavy (non-hydrogen) atoms. The van der Waals surface area contributed by atoms with E-state index >= 15 is 0 Å². The third-order valence-corrected chi connectivity index (χ3v) is 3.97. The first-order valence-electron chi connectivity index (χ1n) is 6.77. The predicted octanol–water partition coefficient (Wildman–Crippen LogP) is 6.13. The molecule has 0 aromatic carbocycles. The fraction of sp³-hybridized carbons (Fsp3) is 0.875. The third kappa shape index (κ3) is 9.76. The standard InChI is InChI=1S/C16H32S/c1-12(13(2)11-15(4,5)6)10-14(3)17-16(7,8)9/h12-13H,3,10-11H2,1-2,4-9H3. The Morgan fingerprint density at radius 3 is 1.82 bits per heavy atom. The molecule has 102 valence electrons. The third-order valence-electron chi connectivity index (χ3n) is 2.91. The monoisotopic (exact) mass is 256 g/mol. The highest BCUT2D eigenvalue weighted by Crippen LogP contribution is 2.37. The van der Waals surface area contributed by atoms with Crippen molar-refractivity contribution >= 4 is 11.8 Å². The molecule has 2 atom stereocenters. The first-order valence-corrected chi connectivity index (χ1v) is 7.59. The van der Waals surface area contributed by atoms with Gasteiger partial charge in [-0.1, -0.05) is 62.0 Å². The molecular weight excluding hydrogens is 224 g/mol. The van der Waals surface area contributed by atoms with Crippen molar-refractivity contribution in [2.75, 3.05) is 0 Å². The topological polar surface area (TPSA) is 0 Å². The van der Waals surface area contributed by atoms with Crippen LogP contribution in [0.3, 0.4) is 0 Å².